The van der Waals surface area contributed by atoms with Gasteiger partial charge in [-0.3, -0.25) is 9.59 Å². The van der Waals surface area contributed by atoms with Crippen molar-refractivity contribution >= 4 is 39.6 Å². The van der Waals surface area contributed by atoms with Crippen LogP contribution in [0.15, 0.2) is 89.8 Å². The van der Waals surface area contributed by atoms with Gasteiger partial charge in [0.1, 0.15) is 11.6 Å². The Bertz CT molecular complexity index is 1370. The van der Waals surface area contributed by atoms with E-state index in [0.717, 1.165) is 21.2 Å². The summed E-state index contributed by atoms with van der Waals surface area (Å²) in [4.78, 5) is 28.6. The molecule has 1 amide bonds. The summed E-state index contributed by atoms with van der Waals surface area (Å²) >= 11 is 1.43. The zero-order valence-corrected chi connectivity index (χ0v) is 18.4. The summed E-state index contributed by atoms with van der Waals surface area (Å²) in [5.41, 5.74) is 1.47. The lowest BCUT2D eigenvalue weighted by atomic mass is 9.96. The molecule has 1 aromatic heterocycles. The number of hydrogen-bond donors (Lipinski definition) is 1. The number of nitrogens with zero attached hydrogens (tertiary/aromatic N) is 1. The van der Waals surface area contributed by atoms with E-state index in [0.29, 0.717) is 12.0 Å². The predicted molar refractivity (Wildman–Crippen MR) is 127 cm³/mol. The lowest BCUT2D eigenvalue weighted by Gasteiger charge is -2.24. The van der Waals surface area contributed by atoms with E-state index in [1.807, 2.05) is 53.9 Å². The maximum absolute atomic E-state index is 13.3. The first-order valence-electron chi connectivity index (χ1n) is 10.6. The molecule has 1 unspecified atom stereocenters. The van der Waals surface area contributed by atoms with Crippen LogP contribution in [0.25, 0.3) is 16.5 Å². The smallest absolute Gasteiger partial charge is 0.295 e. The Hall–Kier alpha value is -3.77. The van der Waals surface area contributed by atoms with Crippen molar-refractivity contribution in [3.8, 4) is 0 Å². The number of aliphatic hydroxyl groups is 1. The van der Waals surface area contributed by atoms with Crippen molar-refractivity contribution in [2.24, 2.45) is 0 Å². The minimum absolute atomic E-state index is 0.0953. The third-order valence-electron chi connectivity index (χ3n) is 5.95. The normalized spacial score (nSPS) is 17.7. The van der Waals surface area contributed by atoms with Crippen LogP contribution >= 0.6 is 11.3 Å². The van der Waals surface area contributed by atoms with Gasteiger partial charge in [-0.1, -0.05) is 60.7 Å². The number of rotatable bonds is 5. The number of ketones is 1. The molecule has 1 atom stereocenters. The minimum Gasteiger partial charge on any atom is -0.507 e. The average molecular weight is 458 g/mol. The first kappa shape index (κ1) is 21.1. The fourth-order valence-electron chi connectivity index (χ4n) is 4.33. The molecule has 0 aliphatic carbocycles. The van der Waals surface area contributed by atoms with Crippen LogP contribution in [0.5, 0.6) is 0 Å². The Morgan fingerprint density at radius 2 is 1.70 bits per heavy atom. The molecule has 0 bridgehead atoms. The number of thiophene rings is 1. The standard InChI is InChI=1S/C27H20FNO3S/c28-19-12-10-17(11-13-19)14-15-29-24(22-9-4-16-33-22)23(26(31)27(29)32)25(30)21-8-3-6-18-5-1-2-7-20(18)21/h1-13,16,24,30H,14-15H2/b25-23-. The van der Waals surface area contributed by atoms with Crippen LogP contribution in [-0.4, -0.2) is 28.2 Å². The van der Waals surface area contributed by atoms with Crippen molar-refractivity contribution in [1.29, 1.82) is 0 Å². The van der Waals surface area contributed by atoms with Gasteiger partial charge < -0.3 is 10.0 Å². The molecule has 0 spiro atoms. The van der Waals surface area contributed by atoms with Crippen LogP contribution in [0, 0.1) is 5.82 Å². The number of carbonyl (C=O) groups excluding carboxylic acids is 2. The summed E-state index contributed by atoms with van der Waals surface area (Å²) in [7, 11) is 0. The second kappa shape index (κ2) is 8.64. The monoisotopic (exact) mass is 457 g/mol. The fraction of sp³-hybridized carbons (Fsp3) is 0.111. The van der Waals surface area contributed by atoms with Gasteiger partial charge in [-0.2, -0.15) is 0 Å². The zero-order valence-electron chi connectivity index (χ0n) is 17.6. The summed E-state index contributed by atoms with van der Waals surface area (Å²) in [6.45, 7) is 0.269. The highest BCUT2D eigenvalue weighted by Crippen LogP contribution is 2.42. The molecule has 1 aliphatic rings. The quantitative estimate of drug-likeness (QED) is 0.237. The highest BCUT2D eigenvalue weighted by molar-refractivity contribution is 7.10. The summed E-state index contributed by atoms with van der Waals surface area (Å²) in [6.07, 6.45) is 0.462. The minimum atomic E-state index is -0.696. The van der Waals surface area contributed by atoms with E-state index >= 15 is 0 Å². The number of Topliss-reactive ketones (excluding diaryl/α,β-unsaturated/α-hetero) is 1. The van der Waals surface area contributed by atoms with Gasteiger partial charge in [-0.05, 0) is 46.3 Å². The van der Waals surface area contributed by atoms with Crippen LogP contribution in [0.2, 0.25) is 0 Å². The first-order valence-corrected chi connectivity index (χ1v) is 11.5. The molecule has 3 aromatic carbocycles. The summed E-state index contributed by atoms with van der Waals surface area (Å²) in [6, 6.07) is 22.3. The largest absolute Gasteiger partial charge is 0.507 e. The Morgan fingerprint density at radius 1 is 0.939 bits per heavy atom. The van der Waals surface area contributed by atoms with Crippen LogP contribution < -0.4 is 0 Å². The van der Waals surface area contributed by atoms with E-state index in [-0.39, 0.29) is 23.7 Å². The van der Waals surface area contributed by atoms with Crippen molar-refractivity contribution in [2.45, 2.75) is 12.5 Å². The SMILES string of the molecule is O=C1C(=O)N(CCc2ccc(F)cc2)C(c2cccs2)/C1=C(/O)c1cccc2ccccc12. The molecule has 2 heterocycles. The van der Waals surface area contributed by atoms with Gasteiger partial charge in [0.15, 0.2) is 0 Å². The molecule has 33 heavy (non-hydrogen) atoms. The molecule has 0 saturated carbocycles. The average Bonchev–Trinajstić information content (AvgIpc) is 3.45. The molecule has 1 saturated heterocycles. The Balaban J connectivity index is 1.59. The molecule has 1 aliphatic heterocycles. The van der Waals surface area contributed by atoms with Crippen LogP contribution in [0.1, 0.15) is 22.0 Å². The fourth-order valence-corrected chi connectivity index (χ4v) is 5.18. The van der Waals surface area contributed by atoms with Gasteiger partial charge in [0, 0.05) is 17.0 Å². The van der Waals surface area contributed by atoms with E-state index in [1.54, 1.807) is 18.2 Å². The predicted octanol–water partition coefficient (Wildman–Crippen LogP) is 5.70. The maximum atomic E-state index is 13.3. The van der Waals surface area contributed by atoms with Crippen molar-refractivity contribution < 1.29 is 19.1 Å². The van der Waals surface area contributed by atoms with Crippen LogP contribution in [0.4, 0.5) is 4.39 Å². The summed E-state index contributed by atoms with van der Waals surface area (Å²) < 4.78 is 13.3. The third-order valence-corrected chi connectivity index (χ3v) is 6.88. The van der Waals surface area contributed by atoms with Gasteiger partial charge in [0.25, 0.3) is 11.7 Å². The van der Waals surface area contributed by atoms with Crippen molar-refractivity contribution in [3.63, 3.8) is 0 Å². The number of carbonyl (C=O) groups is 2. The molecule has 4 aromatic rings. The van der Waals surface area contributed by atoms with Gasteiger partial charge in [0.05, 0.1) is 11.6 Å². The van der Waals surface area contributed by atoms with Crippen molar-refractivity contribution in [2.75, 3.05) is 6.54 Å². The lowest BCUT2D eigenvalue weighted by molar-refractivity contribution is -0.139. The number of benzene rings is 3. The van der Waals surface area contributed by atoms with E-state index in [4.69, 9.17) is 0 Å². The van der Waals surface area contributed by atoms with Crippen molar-refractivity contribution in [3.05, 3.63) is 112 Å². The topological polar surface area (TPSA) is 57.6 Å². The molecule has 0 radical (unpaired) electrons. The van der Waals surface area contributed by atoms with E-state index in [2.05, 4.69) is 0 Å². The zero-order chi connectivity index (χ0) is 22.9. The molecular weight excluding hydrogens is 437 g/mol. The number of hydrogen-bond acceptors (Lipinski definition) is 4. The molecule has 1 N–H and O–H groups in total. The van der Waals surface area contributed by atoms with Crippen molar-refractivity contribution in [1.82, 2.24) is 4.90 Å². The number of aliphatic hydroxyl groups excluding tert-OH is 1. The lowest BCUT2D eigenvalue weighted by Crippen LogP contribution is -2.31. The van der Waals surface area contributed by atoms with Gasteiger partial charge >= 0.3 is 0 Å². The van der Waals surface area contributed by atoms with E-state index in [1.165, 1.54) is 28.4 Å². The first-order chi connectivity index (χ1) is 16.0. The highest BCUT2D eigenvalue weighted by atomic mass is 32.1. The number of likely N-dealkylation sites (tertiary alicyclic amines) is 1. The second-order valence-electron chi connectivity index (χ2n) is 7.91. The maximum Gasteiger partial charge on any atom is 0.295 e. The Morgan fingerprint density at radius 3 is 2.45 bits per heavy atom. The molecular formula is C27H20FNO3S. The van der Waals surface area contributed by atoms with Gasteiger partial charge in [-0.25, -0.2) is 4.39 Å². The summed E-state index contributed by atoms with van der Waals surface area (Å²) in [5.74, 6) is -1.84. The molecule has 6 heteroatoms. The third kappa shape index (κ3) is 3.83. The summed E-state index contributed by atoms with van der Waals surface area (Å²) in [5, 5.41) is 15.0. The van der Waals surface area contributed by atoms with Gasteiger partial charge in [0.2, 0.25) is 0 Å². The van der Waals surface area contributed by atoms with Crippen LogP contribution in [0.3, 0.4) is 0 Å². The molecule has 1 fully saturated rings. The molecule has 4 nitrogen and oxygen atoms in total. The van der Waals surface area contributed by atoms with E-state index in [9.17, 15) is 19.1 Å². The van der Waals surface area contributed by atoms with Crippen LogP contribution in [-0.2, 0) is 16.0 Å². The van der Waals surface area contributed by atoms with Gasteiger partial charge in [-0.15, -0.1) is 11.3 Å². The number of halogens is 1. The second-order valence-corrected chi connectivity index (χ2v) is 8.89. The Kier molecular flexibility index (Phi) is 5.52. The number of fused-ring (bicyclic) bond motifs is 1. The molecule has 5 rings (SSSR count). The highest BCUT2D eigenvalue weighted by Gasteiger charge is 2.46. The Labute approximate surface area is 194 Å². The number of amides is 1. The molecule has 164 valence electrons. The van der Waals surface area contributed by atoms with E-state index < -0.39 is 17.7 Å².